The number of aliphatic carboxylic acids is 1. The number of ether oxygens (including phenoxy) is 1. The van der Waals surface area contributed by atoms with Gasteiger partial charge in [-0.2, -0.15) is 0 Å². The molecule has 2 unspecified atom stereocenters. The Kier molecular flexibility index (Phi) is 7.17. The Balaban J connectivity index is 1.57. The zero-order chi connectivity index (χ0) is 19.2. The van der Waals surface area contributed by atoms with Crippen molar-refractivity contribution in [1.82, 2.24) is 0 Å². The van der Waals surface area contributed by atoms with E-state index in [9.17, 15) is 9.90 Å². The van der Waals surface area contributed by atoms with Crippen LogP contribution in [0, 0.1) is 17.8 Å². The van der Waals surface area contributed by atoms with Crippen molar-refractivity contribution in [2.75, 3.05) is 6.61 Å². The maximum absolute atomic E-state index is 10.8. The molecular formula is C23H34O4. The molecule has 2 aliphatic rings. The SMILES string of the molecule is CCCCCC(O)CC[C@H]1CCC2Cc3c(cccc3OCC(=O)O)C[C@@H]21. The number of fused-ring (bicyclic) bond motifs is 2. The van der Waals surface area contributed by atoms with E-state index in [-0.39, 0.29) is 12.7 Å². The van der Waals surface area contributed by atoms with E-state index in [1.54, 1.807) is 0 Å². The molecule has 2 N–H and O–H groups in total. The smallest absolute Gasteiger partial charge is 0.341 e. The molecule has 0 radical (unpaired) electrons. The van der Waals surface area contributed by atoms with Crippen LogP contribution in [0.15, 0.2) is 18.2 Å². The van der Waals surface area contributed by atoms with Crippen LogP contribution in [0.4, 0.5) is 0 Å². The molecule has 27 heavy (non-hydrogen) atoms. The van der Waals surface area contributed by atoms with Crippen molar-refractivity contribution >= 4 is 5.97 Å². The monoisotopic (exact) mass is 374 g/mol. The Morgan fingerprint density at radius 1 is 1.22 bits per heavy atom. The van der Waals surface area contributed by atoms with Crippen LogP contribution in [-0.2, 0) is 17.6 Å². The topological polar surface area (TPSA) is 66.8 Å². The maximum atomic E-state index is 10.8. The van der Waals surface area contributed by atoms with E-state index in [1.807, 2.05) is 12.1 Å². The quantitative estimate of drug-likeness (QED) is 0.587. The van der Waals surface area contributed by atoms with Crippen molar-refractivity contribution in [3.8, 4) is 5.75 Å². The first-order valence-electron chi connectivity index (χ1n) is 10.7. The normalized spacial score (nSPS) is 24.9. The number of aliphatic hydroxyl groups is 1. The van der Waals surface area contributed by atoms with Gasteiger partial charge in [-0.05, 0) is 79.9 Å². The average Bonchev–Trinajstić information content (AvgIpc) is 3.05. The van der Waals surface area contributed by atoms with Gasteiger partial charge >= 0.3 is 5.97 Å². The van der Waals surface area contributed by atoms with Gasteiger partial charge < -0.3 is 14.9 Å². The van der Waals surface area contributed by atoms with Gasteiger partial charge in [0.05, 0.1) is 6.10 Å². The highest BCUT2D eigenvalue weighted by atomic mass is 16.5. The second-order valence-electron chi connectivity index (χ2n) is 8.47. The first-order valence-corrected chi connectivity index (χ1v) is 10.7. The summed E-state index contributed by atoms with van der Waals surface area (Å²) in [6.45, 7) is 1.92. The largest absolute Gasteiger partial charge is 0.482 e. The van der Waals surface area contributed by atoms with Gasteiger partial charge in [-0.3, -0.25) is 0 Å². The van der Waals surface area contributed by atoms with Crippen molar-refractivity contribution in [2.24, 2.45) is 17.8 Å². The molecule has 0 spiro atoms. The van der Waals surface area contributed by atoms with Crippen molar-refractivity contribution in [2.45, 2.75) is 77.2 Å². The van der Waals surface area contributed by atoms with E-state index in [0.29, 0.717) is 17.8 Å². The lowest BCUT2D eigenvalue weighted by Gasteiger charge is -2.32. The minimum Gasteiger partial charge on any atom is -0.482 e. The Hall–Kier alpha value is -1.55. The fourth-order valence-electron chi connectivity index (χ4n) is 5.19. The van der Waals surface area contributed by atoms with Crippen molar-refractivity contribution in [3.05, 3.63) is 29.3 Å². The molecule has 4 nitrogen and oxygen atoms in total. The molecule has 1 fully saturated rings. The van der Waals surface area contributed by atoms with E-state index in [4.69, 9.17) is 9.84 Å². The average molecular weight is 375 g/mol. The van der Waals surface area contributed by atoms with Crippen LogP contribution in [0.3, 0.4) is 0 Å². The molecule has 4 atom stereocenters. The van der Waals surface area contributed by atoms with Crippen LogP contribution >= 0.6 is 0 Å². The molecule has 0 heterocycles. The van der Waals surface area contributed by atoms with E-state index in [0.717, 1.165) is 44.3 Å². The van der Waals surface area contributed by atoms with Gasteiger partial charge in [-0.15, -0.1) is 0 Å². The number of rotatable bonds is 10. The van der Waals surface area contributed by atoms with Gasteiger partial charge in [0.1, 0.15) is 5.75 Å². The predicted molar refractivity (Wildman–Crippen MR) is 106 cm³/mol. The first kappa shape index (κ1) is 20.2. The third-order valence-corrected chi connectivity index (χ3v) is 6.63. The number of carboxylic acids is 1. The van der Waals surface area contributed by atoms with Crippen LogP contribution in [0.2, 0.25) is 0 Å². The number of unbranched alkanes of at least 4 members (excludes halogenated alkanes) is 2. The summed E-state index contributed by atoms with van der Waals surface area (Å²) in [5.74, 6) is 1.92. The summed E-state index contributed by atoms with van der Waals surface area (Å²) >= 11 is 0. The fourth-order valence-corrected chi connectivity index (χ4v) is 5.19. The third-order valence-electron chi connectivity index (χ3n) is 6.63. The molecule has 0 bridgehead atoms. The minimum absolute atomic E-state index is 0.137. The van der Waals surface area contributed by atoms with Crippen molar-refractivity contribution in [3.63, 3.8) is 0 Å². The zero-order valence-electron chi connectivity index (χ0n) is 16.5. The van der Waals surface area contributed by atoms with Crippen molar-refractivity contribution < 1.29 is 19.7 Å². The molecule has 1 saturated carbocycles. The molecule has 0 saturated heterocycles. The molecule has 1 aromatic carbocycles. The lowest BCUT2D eigenvalue weighted by molar-refractivity contribution is -0.139. The molecule has 0 aromatic heterocycles. The van der Waals surface area contributed by atoms with E-state index in [2.05, 4.69) is 13.0 Å². The summed E-state index contributed by atoms with van der Waals surface area (Å²) in [4.78, 5) is 10.8. The third kappa shape index (κ3) is 5.25. The molecule has 0 aliphatic heterocycles. The number of benzene rings is 1. The summed E-state index contributed by atoms with van der Waals surface area (Å²) < 4.78 is 5.53. The molecule has 2 aliphatic carbocycles. The molecule has 3 rings (SSSR count). The number of carboxylic acid groups (broad SMARTS) is 1. The van der Waals surface area contributed by atoms with Gasteiger partial charge in [0, 0.05) is 0 Å². The van der Waals surface area contributed by atoms with Gasteiger partial charge in [0.15, 0.2) is 6.61 Å². The molecule has 4 heteroatoms. The summed E-state index contributed by atoms with van der Waals surface area (Å²) in [6, 6.07) is 6.06. The Bertz CT molecular complexity index is 627. The standard InChI is InChI=1S/C23H34O4/c1-2-3-4-7-19(24)12-11-16-9-10-18-14-21-17(13-20(16)18)6-5-8-22(21)27-15-23(25)26/h5-6,8,16,18-20,24H,2-4,7,9-15H2,1H3,(H,25,26)/t16-,18?,19?,20-/m1/s1. The Morgan fingerprint density at radius 2 is 2.07 bits per heavy atom. The second kappa shape index (κ2) is 9.59. The van der Waals surface area contributed by atoms with Crippen LogP contribution in [0.1, 0.15) is 69.4 Å². The maximum Gasteiger partial charge on any atom is 0.341 e. The van der Waals surface area contributed by atoms with Gasteiger partial charge in [0.25, 0.3) is 0 Å². The fraction of sp³-hybridized carbons (Fsp3) is 0.696. The number of hydrogen-bond acceptors (Lipinski definition) is 3. The Labute approximate surface area is 162 Å². The predicted octanol–water partition coefficient (Wildman–Crippen LogP) is 4.61. The molecule has 0 amide bonds. The number of carbonyl (C=O) groups is 1. The summed E-state index contributed by atoms with van der Waals surface area (Å²) in [5, 5.41) is 19.2. The molecule has 150 valence electrons. The van der Waals surface area contributed by atoms with Crippen LogP contribution < -0.4 is 4.74 Å². The summed E-state index contributed by atoms with van der Waals surface area (Å²) in [5.41, 5.74) is 2.55. The number of aliphatic hydroxyl groups excluding tert-OH is 1. The van der Waals surface area contributed by atoms with Gasteiger partial charge in [0.2, 0.25) is 0 Å². The molecular weight excluding hydrogens is 340 g/mol. The highest BCUT2D eigenvalue weighted by Crippen LogP contribution is 2.48. The van der Waals surface area contributed by atoms with Crippen LogP contribution in [-0.4, -0.2) is 28.9 Å². The Morgan fingerprint density at radius 3 is 2.85 bits per heavy atom. The van der Waals surface area contributed by atoms with Crippen LogP contribution in [0.25, 0.3) is 0 Å². The van der Waals surface area contributed by atoms with E-state index < -0.39 is 5.97 Å². The van der Waals surface area contributed by atoms with Crippen LogP contribution in [0.5, 0.6) is 5.75 Å². The first-order chi connectivity index (χ1) is 13.1. The summed E-state index contributed by atoms with van der Waals surface area (Å²) in [7, 11) is 0. The second-order valence-corrected chi connectivity index (χ2v) is 8.47. The lowest BCUT2D eigenvalue weighted by atomic mass is 9.73. The van der Waals surface area contributed by atoms with E-state index in [1.165, 1.54) is 36.8 Å². The lowest BCUT2D eigenvalue weighted by Crippen LogP contribution is -2.26. The van der Waals surface area contributed by atoms with Gasteiger partial charge in [-0.25, -0.2) is 4.79 Å². The highest BCUT2D eigenvalue weighted by molar-refractivity contribution is 5.68. The number of hydrogen-bond donors (Lipinski definition) is 2. The van der Waals surface area contributed by atoms with E-state index >= 15 is 0 Å². The minimum atomic E-state index is -0.931. The van der Waals surface area contributed by atoms with Gasteiger partial charge in [-0.1, -0.05) is 38.3 Å². The van der Waals surface area contributed by atoms with Crippen molar-refractivity contribution in [1.29, 1.82) is 0 Å². The summed E-state index contributed by atoms with van der Waals surface area (Å²) in [6.07, 6.45) is 11.0. The molecule has 1 aromatic rings. The highest BCUT2D eigenvalue weighted by Gasteiger charge is 2.39. The zero-order valence-corrected chi connectivity index (χ0v) is 16.5.